The number of carbonyl (C=O) groups is 2. The third kappa shape index (κ3) is 5.92. The van der Waals surface area contributed by atoms with E-state index in [4.69, 9.17) is 18.9 Å². The van der Waals surface area contributed by atoms with Crippen molar-refractivity contribution in [1.29, 1.82) is 0 Å². The van der Waals surface area contributed by atoms with Crippen LogP contribution in [0.4, 0.5) is 22.1 Å². The van der Waals surface area contributed by atoms with Crippen molar-refractivity contribution in [2.45, 2.75) is 6.10 Å². The fourth-order valence-electron chi connectivity index (χ4n) is 4.55. The molecule has 40 heavy (non-hydrogen) atoms. The number of nitrogens with zero attached hydrogens (tertiary/aromatic N) is 6. The summed E-state index contributed by atoms with van der Waals surface area (Å²) in [4.78, 5) is 43.6. The molecule has 1 aromatic heterocycles. The summed E-state index contributed by atoms with van der Waals surface area (Å²) in [6, 6.07) is 15.0. The highest BCUT2D eigenvalue weighted by Crippen LogP contribution is 2.26. The van der Waals surface area contributed by atoms with Gasteiger partial charge in [-0.2, -0.15) is 9.97 Å². The maximum absolute atomic E-state index is 12.5. The highest BCUT2D eigenvalue weighted by atomic mass is 16.6. The van der Waals surface area contributed by atoms with Crippen molar-refractivity contribution >= 4 is 29.3 Å². The second-order valence-electron chi connectivity index (χ2n) is 9.15. The maximum atomic E-state index is 12.5. The number of nitrogens with one attached hydrogen (secondary N) is 1. The fraction of sp³-hybridized carbons (Fsp3) is 0.370. The first kappa shape index (κ1) is 26.8. The molecular formula is C27H31N7O6. The molecule has 3 aromatic rings. The normalized spacial score (nSPS) is 16.9. The number of amides is 2. The summed E-state index contributed by atoms with van der Waals surface area (Å²) >= 11 is 0. The molecule has 2 fully saturated rings. The molecule has 2 aliphatic heterocycles. The van der Waals surface area contributed by atoms with E-state index in [0.717, 1.165) is 24.5 Å². The number of methoxy groups -OCH3 is 3. The third-order valence-electron chi connectivity index (χ3n) is 6.75. The average molecular weight is 550 g/mol. The molecule has 0 bridgehead atoms. The zero-order valence-corrected chi connectivity index (χ0v) is 22.6. The van der Waals surface area contributed by atoms with E-state index >= 15 is 0 Å². The number of benzene rings is 2. The van der Waals surface area contributed by atoms with E-state index in [0.29, 0.717) is 36.9 Å². The lowest BCUT2D eigenvalue weighted by atomic mass is 10.2. The van der Waals surface area contributed by atoms with Crippen molar-refractivity contribution in [2.75, 3.05) is 75.3 Å². The Hall–Kier alpha value is -4.81. The lowest BCUT2D eigenvalue weighted by molar-refractivity contribution is 0.0916. The van der Waals surface area contributed by atoms with Crippen LogP contribution >= 0.6 is 0 Å². The molecule has 2 aromatic carbocycles. The van der Waals surface area contributed by atoms with Crippen molar-refractivity contribution in [3.63, 3.8) is 0 Å². The quantitative estimate of drug-likeness (QED) is 0.420. The second kappa shape index (κ2) is 11.9. The van der Waals surface area contributed by atoms with Crippen LogP contribution in [-0.2, 0) is 4.74 Å². The van der Waals surface area contributed by atoms with E-state index in [1.165, 1.54) is 14.2 Å². The highest BCUT2D eigenvalue weighted by molar-refractivity contribution is 5.94. The topological polar surface area (TPSA) is 131 Å². The Morgan fingerprint density at radius 2 is 1.45 bits per heavy atom. The number of rotatable bonds is 9. The van der Waals surface area contributed by atoms with Gasteiger partial charge in [0.15, 0.2) is 0 Å². The van der Waals surface area contributed by atoms with Crippen molar-refractivity contribution in [3.05, 3.63) is 54.1 Å². The smallest absolute Gasteiger partial charge is 0.414 e. The van der Waals surface area contributed by atoms with Crippen LogP contribution < -0.4 is 34.2 Å². The van der Waals surface area contributed by atoms with Gasteiger partial charge in [0.05, 0.1) is 34.4 Å². The third-order valence-corrected chi connectivity index (χ3v) is 6.75. The van der Waals surface area contributed by atoms with Gasteiger partial charge in [0, 0.05) is 43.1 Å². The van der Waals surface area contributed by atoms with Crippen LogP contribution in [0.15, 0.2) is 48.5 Å². The van der Waals surface area contributed by atoms with Crippen LogP contribution in [0.5, 0.6) is 17.8 Å². The largest absolute Gasteiger partial charge is 0.497 e. The summed E-state index contributed by atoms with van der Waals surface area (Å²) in [5.41, 5.74) is 2.29. The van der Waals surface area contributed by atoms with Gasteiger partial charge in [0.25, 0.3) is 5.91 Å². The molecule has 2 saturated heterocycles. The molecule has 210 valence electrons. The SMILES string of the molecule is COc1ccc(C(=O)NCC2CN(c3ccc(N4CCN(c5nc(OC)nc(OC)n5)CC4)cc3)C(=O)O2)cc1. The molecule has 0 radical (unpaired) electrons. The zero-order chi connectivity index (χ0) is 28.1. The molecule has 1 atom stereocenters. The van der Waals surface area contributed by atoms with E-state index in [2.05, 4.69) is 30.1 Å². The maximum Gasteiger partial charge on any atom is 0.414 e. The summed E-state index contributed by atoms with van der Waals surface area (Å²) in [6.45, 7) is 3.50. The Bertz CT molecular complexity index is 1310. The van der Waals surface area contributed by atoms with Crippen LogP contribution in [0.25, 0.3) is 0 Å². The van der Waals surface area contributed by atoms with E-state index < -0.39 is 12.2 Å². The van der Waals surface area contributed by atoms with Gasteiger partial charge in [0.2, 0.25) is 5.95 Å². The molecular weight excluding hydrogens is 518 g/mol. The Labute approximate surface area is 231 Å². The molecule has 13 heteroatoms. The molecule has 1 unspecified atom stereocenters. The summed E-state index contributed by atoms with van der Waals surface area (Å²) < 4.78 is 20.9. The minimum atomic E-state index is -0.449. The molecule has 0 aliphatic carbocycles. The zero-order valence-electron chi connectivity index (χ0n) is 22.6. The first-order valence-electron chi connectivity index (χ1n) is 12.8. The monoisotopic (exact) mass is 549 g/mol. The summed E-state index contributed by atoms with van der Waals surface area (Å²) in [5.74, 6) is 0.947. The number of aromatic nitrogens is 3. The average Bonchev–Trinajstić information content (AvgIpc) is 3.39. The standard InChI is InChI=1S/C27H31N7O6/c1-37-21-10-4-18(5-11-21)23(35)28-16-22-17-34(27(36)40-22)20-8-6-19(7-9-20)32-12-14-33(15-13-32)24-29-25(38-2)31-26(30-24)39-3/h4-11,22H,12-17H2,1-3H3,(H,28,35). The predicted octanol–water partition coefficient (Wildman–Crippen LogP) is 1.98. The second-order valence-corrected chi connectivity index (χ2v) is 9.15. The number of piperazine rings is 1. The van der Waals surface area contributed by atoms with E-state index in [9.17, 15) is 9.59 Å². The lowest BCUT2D eigenvalue weighted by Gasteiger charge is -2.36. The van der Waals surface area contributed by atoms with Gasteiger partial charge in [-0.15, -0.1) is 4.98 Å². The Balaban J connectivity index is 1.13. The summed E-state index contributed by atoms with van der Waals surface area (Å²) in [7, 11) is 4.58. The first-order chi connectivity index (χ1) is 19.5. The molecule has 1 N–H and O–H groups in total. The van der Waals surface area contributed by atoms with Crippen molar-refractivity contribution in [3.8, 4) is 17.8 Å². The molecule has 3 heterocycles. The Kier molecular flexibility index (Phi) is 7.99. The van der Waals surface area contributed by atoms with Gasteiger partial charge in [-0.25, -0.2) is 4.79 Å². The van der Waals surface area contributed by atoms with E-state index in [1.54, 1.807) is 36.3 Å². The van der Waals surface area contributed by atoms with Crippen molar-refractivity contribution in [1.82, 2.24) is 20.3 Å². The highest BCUT2D eigenvalue weighted by Gasteiger charge is 2.32. The molecule has 2 aliphatic rings. The van der Waals surface area contributed by atoms with Gasteiger partial charge in [0.1, 0.15) is 11.9 Å². The number of carbonyl (C=O) groups excluding carboxylic acids is 2. The first-order valence-corrected chi connectivity index (χ1v) is 12.8. The van der Waals surface area contributed by atoms with Crippen molar-refractivity contribution in [2.24, 2.45) is 0 Å². The van der Waals surface area contributed by atoms with Crippen LogP contribution in [0.3, 0.4) is 0 Å². The van der Waals surface area contributed by atoms with Crippen LogP contribution in [0, 0.1) is 0 Å². The van der Waals surface area contributed by atoms with Gasteiger partial charge in [-0.1, -0.05) is 0 Å². The number of cyclic esters (lactones) is 1. The summed E-state index contributed by atoms with van der Waals surface area (Å²) in [6.07, 6.45) is -0.886. The van der Waals surface area contributed by atoms with Crippen LogP contribution in [0.2, 0.25) is 0 Å². The minimum Gasteiger partial charge on any atom is -0.497 e. The molecule has 0 saturated carbocycles. The number of anilines is 3. The molecule has 5 rings (SSSR count). The number of hydrogen-bond acceptors (Lipinski definition) is 11. The Morgan fingerprint density at radius 3 is 2.05 bits per heavy atom. The van der Waals surface area contributed by atoms with E-state index in [1.807, 2.05) is 24.3 Å². The number of hydrogen-bond donors (Lipinski definition) is 1. The molecule has 13 nitrogen and oxygen atoms in total. The van der Waals surface area contributed by atoms with Crippen LogP contribution in [-0.4, -0.2) is 93.7 Å². The van der Waals surface area contributed by atoms with Gasteiger partial charge in [-0.05, 0) is 48.5 Å². The van der Waals surface area contributed by atoms with E-state index in [-0.39, 0.29) is 24.5 Å². The summed E-state index contributed by atoms with van der Waals surface area (Å²) in [5, 5.41) is 2.83. The predicted molar refractivity (Wildman–Crippen MR) is 147 cm³/mol. The number of ether oxygens (including phenoxy) is 4. The van der Waals surface area contributed by atoms with Crippen LogP contribution in [0.1, 0.15) is 10.4 Å². The minimum absolute atomic E-state index is 0.210. The molecule has 0 spiro atoms. The Morgan fingerprint density at radius 1 is 0.850 bits per heavy atom. The van der Waals surface area contributed by atoms with Gasteiger partial charge in [-0.3, -0.25) is 9.69 Å². The fourth-order valence-corrected chi connectivity index (χ4v) is 4.55. The lowest BCUT2D eigenvalue weighted by Crippen LogP contribution is -2.47. The van der Waals surface area contributed by atoms with Crippen molar-refractivity contribution < 1.29 is 28.5 Å². The molecule has 2 amide bonds. The van der Waals surface area contributed by atoms with Gasteiger partial charge >= 0.3 is 18.1 Å². The van der Waals surface area contributed by atoms with Gasteiger partial charge < -0.3 is 34.1 Å².